The largest absolute Gasteiger partial charge is 0.379 e. The molecule has 1 amide bonds. The zero-order valence-corrected chi connectivity index (χ0v) is 11.3. The maximum absolute atomic E-state index is 11.5. The van der Waals surface area contributed by atoms with Gasteiger partial charge in [0, 0.05) is 37.2 Å². The molecule has 5 nitrogen and oxygen atoms in total. The molecule has 1 aliphatic heterocycles. The number of hydrogen-bond acceptors (Lipinski definition) is 4. The highest BCUT2D eigenvalue weighted by atomic mass is 16.2. The molecule has 0 bridgehead atoms. The summed E-state index contributed by atoms with van der Waals surface area (Å²) in [6, 6.07) is 6.11. The van der Waals surface area contributed by atoms with Crippen molar-refractivity contribution in [2.45, 2.75) is 19.9 Å². The van der Waals surface area contributed by atoms with Gasteiger partial charge < -0.3 is 10.2 Å². The molecule has 2 aromatic rings. The Morgan fingerprint density at radius 1 is 1.40 bits per heavy atom. The standard InChI is InChI=1S/C15H16N4O/c1-11(20)19-7-4-12-8-13(2-3-15(12)19)18-10-14-9-16-5-6-17-14/h2-3,5-6,8-9,18H,4,7,10H2,1H3. The highest BCUT2D eigenvalue weighted by Gasteiger charge is 2.21. The van der Waals surface area contributed by atoms with Gasteiger partial charge >= 0.3 is 0 Å². The van der Waals surface area contributed by atoms with Crippen molar-refractivity contribution in [3.8, 4) is 0 Å². The van der Waals surface area contributed by atoms with Gasteiger partial charge in [-0.05, 0) is 30.2 Å². The van der Waals surface area contributed by atoms with Crippen LogP contribution in [0.15, 0.2) is 36.8 Å². The van der Waals surface area contributed by atoms with Gasteiger partial charge in [0.15, 0.2) is 0 Å². The van der Waals surface area contributed by atoms with Crippen LogP contribution in [0.1, 0.15) is 18.2 Å². The molecule has 1 aromatic carbocycles. The highest BCUT2D eigenvalue weighted by Crippen LogP contribution is 2.30. The van der Waals surface area contributed by atoms with Gasteiger partial charge in [-0.2, -0.15) is 0 Å². The Morgan fingerprint density at radius 3 is 3.05 bits per heavy atom. The van der Waals surface area contributed by atoms with Crippen molar-refractivity contribution < 1.29 is 4.79 Å². The third kappa shape index (κ3) is 2.47. The number of rotatable bonds is 3. The molecule has 0 unspecified atom stereocenters. The van der Waals surface area contributed by atoms with Crippen LogP contribution in [0.5, 0.6) is 0 Å². The Hall–Kier alpha value is -2.43. The summed E-state index contributed by atoms with van der Waals surface area (Å²) >= 11 is 0. The molecule has 2 heterocycles. The summed E-state index contributed by atoms with van der Waals surface area (Å²) in [6.07, 6.45) is 6.01. The second-order valence-corrected chi connectivity index (χ2v) is 4.81. The fraction of sp³-hybridized carbons (Fsp3) is 0.267. The zero-order valence-electron chi connectivity index (χ0n) is 11.3. The van der Waals surface area contributed by atoms with Crippen LogP contribution < -0.4 is 10.2 Å². The van der Waals surface area contributed by atoms with Gasteiger partial charge in [0.25, 0.3) is 0 Å². The van der Waals surface area contributed by atoms with E-state index in [1.165, 1.54) is 5.56 Å². The monoisotopic (exact) mass is 268 g/mol. The maximum Gasteiger partial charge on any atom is 0.223 e. The minimum absolute atomic E-state index is 0.101. The predicted molar refractivity (Wildman–Crippen MR) is 77.5 cm³/mol. The number of anilines is 2. The molecule has 102 valence electrons. The third-order valence-electron chi connectivity index (χ3n) is 3.45. The van der Waals surface area contributed by atoms with Crippen molar-refractivity contribution in [2.75, 3.05) is 16.8 Å². The summed E-state index contributed by atoms with van der Waals surface area (Å²) in [5, 5.41) is 3.33. The number of carbonyl (C=O) groups excluding carboxylic acids is 1. The molecule has 20 heavy (non-hydrogen) atoms. The van der Waals surface area contributed by atoms with E-state index >= 15 is 0 Å². The highest BCUT2D eigenvalue weighted by molar-refractivity contribution is 5.94. The third-order valence-corrected chi connectivity index (χ3v) is 3.45. The lowest BCUT2D eigenvalue weighted by Gasteiger charge is -2.15. The summed E-state index contributed by atoms with van der Waals surface area (Å²) in [7, 11) is 0. The van der Waals surface area contributed by atoms with Crippen LogP contribution in [-0.4, -0.2) is 22.4 Å². The Balaban J connectivity index is 1.72. The van der Waals surface area contributed by atoms with E-state index in [0.29, 0.717) is 6.54 Å². The lowest BCUT2D eigenvalue weighted by molar-refractivity contribution is -0.116. The van der Waals surface area contributed by atoms with Crippen LogP contribution in [0.2, 0.25) is 0 Å². The molecule has 3 rings (SSSR count). The number of hydrogen-bond donors (Lipinski definition) is 1. The van der Waals surface area contributed by atoms with E-state index in [1.807, 2.05) is 17.0 Å². The van der Waals surface area contributed by atoms with Crippen LogP contribution in [0.25, 0.3) is 0 Å². The quantitative estimate of drug-likeness (QED) is 0.925. The maximum atomic E-state index is 11.5. The first kappa shape index (κ1) is 12.6. The Bertz CT molecular complexity index is 627. The second-order valence-electron chi connectivity index (χ2n) is 4.81. The van der Waals surface area contributed by atoms with Gasteiger partial charge in [-0.15, -0.1) is 0 Å². The SMILES string of the molecule is CC(=O)N1CCc2cc(NCc3cnccn3)ccc21. The minimum atomic E-state index is 0.101. The summed E-state index contributed by atoms with van der Waals surface area (Å²) in [4.78, 5) is 21.6. The van der Waals surface area contributed by atoms with Gasteiger partial charge in [-0.25, -0.2) is 0 Å². The molecule has 1 aromatic heterocycles. The molecule has 5 heteroatoms. The lowest BCUT2D eigenvalue weighted by Crippen LogP contribution is -2.25. The Morgan fingerprint density at radius 2 is 2.30 bits per heavy atom. The van der Waals surface area contributed by atoms with Crippen molar-refractivity contribution in [1.82, 2.24) is 9.97 Å². The first-order valence-corrected chi connectivity index (χ1v) is 6.64. The lowest BCUT2D eigenvalue weighted by atomic mass is 10.1. The number of nitrogens with one attached hydrogen (secondary N) is 1. The van der Waals surface area contributed by atoms with E-state index in [9.17, 15) is 4.79 Å². The number of benzene rings is 1. The summed E-state index contributed by atoms with van der Waals surface area (Å²) < 4.78 is 0. The van der Waals surface area contributed by atoms with E-state index in [0.717, 1.165) is 30.0 Å². The van der Waals surface area contributed by atoms with Crippen LogP contribution in [-0.2, 0) is 17.8 Å². The summed E-state index contributed by atoms with van der Waals surface area (Å²) in [5.74, 6) is 0.101. The average Bonchev–Trinajstić information content (AvgIpc) is 2.89. The Kier molecular flexibility index (Phi) is 3.33. The van der Waals surface area contributed by atoms with E-state index in [1.54, 1.807) is 25.5 Å². The molecule has 0 radical (unpaired) electrons. The van der Waals surface area contributed by atoms with E-state index in [2.05, 4.69) is 21.4 Å². The topological polar surface area (TPSA) is 58.1 Å². The Labute approximate surface area is 117 Å². The molecular weight excluding hydrogens is 252 g/mol. The molecule has 0 saturated carbocycles. The van der Waals surface area contributed by atoms with Gasteiger partial charge in [0.2, 0.25) is 5.91 Å². The summed E-state index contributed by atoms with van der Waals surface area (Å²) in [5.41, 5.74) is 4.19. The van der Waals surface area contributed by atoms with Crippen LogP contribution >= 0.6 is 0 Å². The summed E-state index contributed by atoms with van der Waals surface area (Å²) in [6.45, 7) is 3.02. The van der Waals surface area contributed by atoms with Gasteiger partial charge in [-0.1, -0.05) is 0 Å². The van der Waals surface area contributed by atoms with Crippen LogP contribution in [0, 0.1) is 0 Å². The fourth-order valence-corrected chi connectivity index (χ4v) is 2.45. The number of carbonyl (C=O) groups is 1. The average molecular weight is 268 g/mol. The van der Waals surface area contributed by atoms with Gasteiger partial charge in [0.1, 0.15) is 0 Å². The smallest absolute Gasteiger partial charge is 0.223 e. The molecule has 0 spiro atoms. The van der Waals surface area contributed by atoms with Crippen molar-refractivity contribution in [2.24, 2.45) is 0 Å². The molecule has 0 fully saturated rings. The predicted octanol–water partition coefficient (Wildman–Crippen LogP) is 2.00. The number of nitrogens with zero attached hydrogens (tertiary/aromatic N) is 3. The second kappa shape index (κ2) is 5.28. The first-order valence-electron chi connectivity index (χ1n) is 6.64. The normalized spacial score (nSPS) is 13.2. The van der Waals surface area contributed by atoms with E-state index < -0.39 is 0 Å². The van der Waals surface area contributed by atoms with Gasteiger partial charge in [-0.3, -0.25) is 14.8 Å². The van der Waals surface area contributed by atoms with E-state index in [-0.39, 0.29) is 5.91 Å². The molecular formula is C15H16N4O. The van der Waals surface area contributed by atoms with E-state index in [4.69, 9.17) is 0 Å². The van der Waals surface area contributed by atoms with Crippen molar-refractivity contribution in [1.29, 1.82) is 0 Å². The van der Waals surface area contributed by atoms with Gasteiger partial charge in [0.05, 0.1) is 18.4 Å². The molecule has 1 aliphatic rings. The number of amides is 1. The first-order chi connectivity index (χ1) is 9.74. The van der Waals surface area contributed by atoms with Crippen LogP contribution in [0.3, 0.4) is 0 Å². The molecule has 0 saturated heterocycles. The zero-order chi connectivity index (χ0) is 13.9. The van der Waals surface area contributed by atoms with Crippen molar-refractivity contribution >= 4 is 17.3 Å². The molecule has 0 atom stereocenters. The fourth-order valence-electron chi connectivity index (χ4n) is 2.45. The molecule has 1 N–H and O–H groups in total. The number of fused-ring (bicyclic) bond motifs is 1. The number of aromatic nitrogens is 2. The molecule has 0 aliphatic carbocycles. The van der Waals surface area contributed by atoms with Crippen molar-refractivity contribution in [3.63, 3.8) is 0 Å². The van der Waals surface area contributed by atoms with Crippen LogP contribution in [0.4, 0.5) is 11.4 Å². The van der Waals surface area contributed by atoms with Crippen molar-refractivity contribution in [3.05, 3.63) is 48.0 Å². The minimum Gasteiger partial charge on any atom is -0.379 e.